The molecule has 0 aliphatic rings. The SMILES string of the molecule is COCC(CBr)NC(=O)c1cc(Br)ccc1O. The van der Waals surface area contributed by atoms with Crippen LogP contribution in [0.3, 0.4) is 0 Å². The second-order valence-corrected chi connectivity index (χ2v) is 5.00. The maximum Gasteiger partial charge on any atom is 0.255 e. The number of hydrogen-bond acceptors (Lipinski definition) is 3. The summed E-state index contributed by atoms with van der Waals surface area (Å²) in [6.07, 6.45) is 0. The number of alkyl halides is 1. The molecule has 0 radical (unpaired) electrons. The number of ether oxygens (including phenoxy) is 1. The van der Waals surface area contributed by atoms with Crippen LogP contribution in [0.2, 0.25) is 0 Å². The zero-order valence-electron chi connectivity index (χ0n) is 9.24. The monoisotopic (exact) mass is 365 g/mol. The Balaban J connectivity index is 2.78. The topological polar surface area (TPSA) is 58.6 Å². The molecule has 0 fully saturated rings. The van der Waals surface area contributed by atoms with Crippen molar-refractivity contribution in [1.29, 1.82) is 0 Å². The van der Waals surface area contributed by atoms with Crippen LogP contribution >= 0.6 is 31.9 Å². The Morgan fingerprint density at radius 3 is 2.88 bits per heavy atom. The molecule has 4 nitrogen and oxygen atoms in total. The molecular formula is C11H13Br2NO3. The minimum absolute atomic E-state index is 0.0450. The lowest BCUT2D eigenvalue weighted by molar-refractivity contribution is 0.0905. The lowest BCUT2D eigenvalue weighted by atomic mass is 10.2. The summed E-state index contributed by atoms with van der Waals surface area (Å²) in [6.45, 7) is 0.408. The number of halogens is 2. The number of rotatable bonds is 5. The molecule has 0 saturated carbocycles. The minimum Gasteiger partial charge on any atom is -0.507 e. The third-order valence-electron chi connectivity index (χ3n) is 2.09. The van der Waals surface area contributed by atoms with Gasteiger partial charge in [-0.3, -0.25) is 4.79 Å². The molecule has 1 amide bonds. The third-order valence-corrected chi connectivity index (χ3v) is 3.37. The Kier molecular flexibility index (Phi) is 5.94. The van der Waals surface area contributed by atoms with Gasteiger partial charge >= 0.3 is 0 Å². The number of carbonyl (C=O) groups excluding carboxylic acids is 1. The number of carbonyl (C=O) groups is 1. The standard InChI is InChI=1S/C11H13Br2NO3/c1-17-6-8(5-12)14-11(16)9-4-7(13)2-3-10(9)15/h2-4,8,15H,5-6H2,1H3,(H,14,16). The van der Waals surface area contributed by atoms with Crippen LogP contribution in [0, 0.1) is 0 Å². The Morgan fingerprint density at radius 1 is 1.59 bits per heavy atom. The lowest BCUT2D eigenvalue weighted by Crippen LogP contribution is -2.39. The van der Waals surface area contributed by atoms with E-state index in [-0.39, 0.29) is 23.3 Å². The molecule has 1 aromatic carbocycles. The van der Waals surface area contributed by atoms with Gasteiger partial charge in [-0.05, 0) is 18.2 Å². The second-order valence-electron chi connectivity index (χ2n) is 3.44. The largest absolute Gasteiger partial charge is 0.507 e. The van der Waals surface area contributed by atoms with Gasteiger partial charge in [0.2, 0.25) is 0 Å². The molecule has 6 heteroatoms. The Bertz CT molecular complexity index is 398. The number of hydrogen-bond donors (Lipinski definition) is 2. The van der Waals surface area contributed by atoms with E-state index < -0.39 is 0 Å². The van der Waals surface area contributed by atoms with Crippen molar-refractivity contribution in [2.75, 3.05) is 19.0 Å². The van der Waals surface area contributed by atoms with Crippen molar-refractivity contribution in [3.8, 4) is 5.75 Å². The van der Waals surface area contributed by atoms with Crippen LogP contribution in [0.4, 0.5) is 0 Å². The Morgan fingerprint density at radius 2 is 2.29 bits per heavy atom. The first kappa shape index (κ1) is 14.5. The van der Waals surface area contributed by atoms with Gasteiger partial charge in [0.15, 0.2) is 0 Å². The molecule has 94 valence electrons. The van der Waals surface area contributed by atoms with Crippen LogP contribution in [-0.4, -0.2) is 36.1 Å². The van der Waals surface area contributed by atoms with Crippen molar-refractivity contribution < 1.29 is 14.6 Å². The van der Waals surface area contributed by atoms with E-state index >= 15 is 0 Å². The zero-order valence-corrected chi connectivity index (χ0v) is 12.4. The van der Waals surface area contributed by atoms with E-state index in [2.05, 4.69) is 37.2 Å². The van der Waals surface area contributed by atoms with Gasteiger partial charge in [-0.2, -0.15) is 0 Å². The van der Waals surface area contributed by atoms with Gasteiger partial charge in [0.25, 0.3) is 5.91 Å². The molecule has 0 aliphatic carbocycles. The van der Waals surface area contributed by atoms with Crippen molar-refractivity contribution in [2.24, 2.45) is 0 Å². The predicted molar refractivity (Wildman–Crippen MR) is 72.7 cm³/mol. The number of phenols is 1. The summed E-state index contributed by atoms with van der Waals surface area (Å²) in [6, 6.07) is 4.58. The molecule has 0 aromatic heterocycles. The van der Waals surface area contributed by atoms with Gasteiger partial charge in [0.05, 0.1) is 18.2 Å². The molecule has 0 heterocycles. The van der Waals surface area contributed by atoms with E-state index in [0.29, 0.717) is 11.9 Å². The van der Waals surface area contributed by atoms with Crippen LogP contribution in [0.15, 0.2) is 22.7 Å². The molecule has 17 heavy (non-hydrogen) atoms. The van der Waals surface area contributed by atoms with E-state index in [0.717, 1.165) is 4.47 Å². The summed E-state index contributed by atoms with van der Waals surface area (Å²) < 4.78 is 5.71. The first-order valence-corrected chi connectivity index (χ1v) is 6.84. The molecule has 0 spiro atoms. The Labute approximate surface area is 117 Å². The molecule has 1 atom stereocenters. The molecule has 1 aromatic rings. The smallest absolute Gasteiger partial charge is 0.255 e. The third kappa shape index (κ3) is 4.29. The highest BCUT2D eigenvalue weighted by atomic mass is 79.9. The Hall–Kier alpha value is -0.590. The molecule has 0 saturated heterocycles. The maximum atomic E-state index is 11.9. The van der Waals surface area contributed by atoms with Crippen molar-refractivity contribution in [3.63, 3.8) is 0 Å². The van der Waals surface area contributed by atoms with E-state index in [1.54, 1.807) is 19.2 Å². The highest BCUT2D eigenvalue weighted by molar-refractivity contribution is 9.10. The molecule has 2 N–H and O–H groups in total. The van der Waals surface area contributed by atoms with Gasteiger partial charge in [0.1, 0.15) is 5.75 Å². The number of nitrogens with one attached hydrogen (secondary N) is 1. The van der Waals surface area contributed by atoms with Crippen LogP contribution in [-0.2, 0) is 4.74 Å². The van der Waals surface area contributed by atoms with E-state index in [1.165, 1.54) is 6.07 Å². The van der Waals surface area contributed by atoms with Gasteiger partial charge in [0, 0.05) is 16.9 Å². The number of methoxy groups -OCH3 is 1. The highest BCUT2D eigenvalue weighted by Gasteiger charge is 2.15. The van der Waals surface area contributed by atoms with Crippen molar-refractivity contribution >= 4 is 37.8 Å². The molecular weight excluding hydrogens is 354 g/mol. The van der Waals surface area contributed by atoms with E-state index in [4.69, 9.17) is 4.74 Å². The van der Waals surface area contributed by atoms with E-state index in [1.807, 2.05) is 0 Å². The van der Waals surface area contributed by atoms with Crippen LogP contribution in [0.1, 0.15) is 10.4 Å². The summed E-state index contributed by atoms with van der Waals surface area (Å²) >= 11 is 6.54. The lowest BCUT2D eigenvalue weighted by Gasteiger charge is -2.15. The molecule has 0 aliphatic heterocycles. The fraction of sp³-hybridized carbons (Fsp3) is 0.364. The van der Waals surface area contributed by atoms with Gasteiger partial charge in [-0.25, -0.2) is 0 Å². The van der Waals surface area contributed by atoms with Crippen LogP contribution in [0.25, 0.3) is 0 Å². The van der Waals surface area contributed by atoms with E-state index in [9.17, 15) is 9.90 Å². The fourth-order valence-electron chi connectivity index (χ4n) is 1.28. The van der Waals surface area contributed by atoms with Crippen molar-refractivity contribution in [3.05, 3.63) is 28.2 Å². The van der Waals surface area contributed by atoms with Crippen molar-refractivity contribution in [2.45, 2.75) is 6.04 Å². The van der Waals surface area contributed by atoms with Gasteiger partial charge in [-0.1, -0.05) is 31.9 Å². The summed E-state index contributed by atoms with van der Waals surface area (Å²) in [5, 5.41) is 12.9. The average Bonchev–Trinajstić information content (AvgIpc) is 2.31. The van der Waals surface area contributed by atoms with Gasteiger partial charge < -0.3 is 15.2 Å². The van der Waals surface area contributed by atoms with Gasteiger partial charge in [-0.15, -0.1) is 0 Å². The first-order chi connectivity index (χ1) is 8.08. The zero-order chi connectivity index (χ0) is 12.8. The maximum absolute atomic E-state index is 11.9. The average molecular weight is 367 g/mol. The fourth-order valence-corrected chi connectivity index (χ4v) is 1.99. The second kappa shape index (κ2) is 6.98. The summed E-state index contributed by atoms with van der Waals surface area (Å²) in [7, 11) is 1.57. The number of phenolic OH excluding ortho intramolecular Hbond substituents is 1. The molecule has 1 unspecified atom stereocenters. The summed E-state index contributed by atoms with van der Waals surface area (Å²) in [4.78, 5) is 11.9. The molecule has 0 bridgehead atoms. The summed E-state index contributed by atoms with van der Waals surface area (Å²) in [5.74, 6) is -0.373. The van der Waals surface area contributed by atoms with Crippen LogP contribution in [0.5, 0.6) is 5.75 Å². The van der Waals surface area contributed by atoms with Crippen LogP contribution < -0.4 is 5.32 Å². The summed E-state index contributed by atoms with van der Waals surface area (Å²) in [5.41, 5.74) is 0.237. The number of aromatic hydroxyl groups is 1. The first-order valence-electron chi connectivity index (χ1n) is 4.92. The normalized spacial score (nSPS) is 12.2. The quantitative estimate of drug-likeness (QED) is 0.786. The number of amides is 1. The molecule has 1 rings (SSSR count). The minimum atomic E-state index is -0.328. The highest BCUT2D eigenvalue weighted by Crippen LogP contribution is 2.21. The number of benzene rings is 1. The van der Waals surface area contributed by atoms with Crippen molar-refractivity contribution in [1.82, 2.24) is 5.32 Å². The predicted octanol–water partition coefficient (Wildman–Crippen LogP) is 2.29.